The maximum absolute atomic E-state index is 13.2. The summed E-state index contributed by atoms with van der Waals surface area (Å²) < 4.78 is 1.89. The van der Waals surface area contributed by atoms with Crippen molar-refractivity contribution in [2.24, 2.45) is 0 Å². The molecule has 0 spiro atoms. The van der Waals surface area contributed by atoms with Crippen molar-refractivity contribution in [2.75, 3.05) is 13.2 Å². The van der Waals surface area contributed by atoms with Crippen LogP contribution < -0.4 is 0 Å². The molecule has 0 bridgehead atoms. The van der Waals surface area contributed by atoms with Gasteiger partial charge in [0, 0.05) is 31.0 Å². The molecule has 1 atom stereocenters. The monoisotopic (exact) mass is 350 g/mol. The molecule has 0 unspecified atom stereocenters. The number of hydrogen-bond acceptors (Lipinski definition) is 4. The Labute approximate surface area is 152 Å². The summed E-state index contributed by atoms with van der Waals surface area (Å²) in [4.78, 5) is 23.7. The number of aromatic nitrogens is 3. The van der Waals surface area contributed by atoms with Crippen LogP contribution in [0, 0.1) is 0 Å². The highest BCUT2D eigenvalue weighted by Gasteiger charge is 2.29. The second-order valence-corrected chi connectivity index (χ2v) is 6.66. The van der Waals surface area contributed by atoms with Gasteiger partial charge in [-0.3, -0.25) is 9.78 Å². The van der Waals surface area contributed by atoms with Crippen molar-refractivity contribution in [1.82, 2.24) is 19.4 Å². The molecule has 1 amide bonds. The van der Waals surface area contributed by atoms with Crippen molar-refractivity contribution < 1.29 is 9.90 Å². The summed E-state index contributed by atoms with van der Waals surface area (Å²) in [6, 6.07) is 9.66. The molecule has 4 rings (SSSR count). The van der Waals surface area contributed by atoms with Crippen LogP contribution in [0.15, 0.2) is 49.1 Å². The predicted octanol–water partition coefficient (Wildman–Crippen LogP) is 2.79. The average Bonchev–Trinajstić information content (AvgIpc) is 3.10. The Hall–Kier alpha value is -2.73. The highest BCUT2D eigenvalue weighted by molar-refractivity contribution is 5.97. The molecule has 2 aromatic heterocycles. The average molecular weight is 350 g/mol. The summed E-state index contributed by atoms with van der Waals surface area (Å²) in [6.45, 7) is 1.32. The largest absolute Gasteiger partial charge is 0.395 e. The van der Waals surface area contributed by atoms with E-state index in [-0.39, 0.29) is 18.6 Å². The fourth-order valence-electron chi connectivity index (χ4n) is 3.74. The fraction of sp³-hybridized carbons (Fsp3) is 0.350. The number of pyridine rings is 1. The molecular formula is C20H22N4O2. The molecular weight excluding hydrogens is 328 g/mol. The van der Waals surface area contributed by atoms with E-state index in [1.165, 1.54) is 0 Å². The zero-order valence-corrected chi connectivity index (χ0v) is 14.6. The number of nitrogens with zero attached hydrogens (tertiary/aromatic N) is 4. The Kier molecular flexibility index (Phi) is 4.67. The number of rotatable bonds is 4. The lowest BCUT2D eigenvalue weighted by atomic mass is 9.95. The van der Waals surface area contributed by atoms with E-state index in [1.54, 1.807) is 12.5 Å². The lowest BCUT2D eigenvalue weighted by Gasteiger charge is -2.36. The van der Waals surface area contributed by atoms with E-state index < -0.39 is 0 Å². The minimum atomic E-state index is 0.0390. The standard InChI is InChI=1S/C20H22N4O2/c25-11-10-23-14-22-17-12-15(6-7-19(17)23)20(26)24-9-2-1-5-18(24)16-4-3-8-21-13-16/h3-4,6-8,12-14,18,25H,1-2,5,9-11H2/t18-/m1/s1. The molecule has 134 valence electrons. The topological polar surface area (TPSA) is 71.2 Å². The fourth-order valence-corrected chi connectivity index (χ4v) is 3.74. The number of hydrogen-bond donors (Lipinski definition) is 1. The van der Waals surface area contributed by atoms with Gasteiger partial charge >= 0.3 is 0 Å². The number of carbonyl (C=O) groups excluding carboxylic acids is 1. The zero-order chi connectivity index (χ0) is 17.9. The first-order valence-corrected chi connectivity index (χ1v) is 9.04. The second-order valence-electron chi connectivity index (χ2n) is 6.66. The first-order valence-electron chi connectivity index (χ1n) is 9.04. The van der Waals surface area contributed by atoms with Crippen LogP contribution in [0.4, 0.5) is 0 Å². The molecule has 26 heavy (non-hydrogen) atoms. The number of benzene rings is 1. The molecule has 0 aliphatic carbocycles. The van der Waals surface area contributed by atoms with Gasteiger partial charge in [0.05, 0.1) is 30.0 Å². The van der Waals surface area contributed by atoms with Gasteiger partial charge < -0.3 is 14.6 Å². The molecule has 1 aromatic carbocycles. The van der Waals surface area contributed by atoms with Crippen LogP contribution in [-0.2, 0) is 6.54 Å². The number of piperidine rings is 1. The molecule has 6 heteroatoms. The van der Waals surface area contributed by atoms with Crippen molar-refractivity contribution in [2.45, 2.75) is 31.8 Å². The third-order valence-corrected chi connectivity index (χ3v) is 5.04. The van der Waals surface area contributed by atoms with Crippen LogP contribution in [0.3, 0.4) is 0 Å². The number of carbonyl (C=O) groups is 1. The van der Waals surface area contributed by atoms with Gasteiger partial charge in [-0.1, -0.05) is 6.07 Å². The second kappa shape index (κ2) is 7.25. The smallest absolute Gasteiger partial charge is 0.254 e. The summed E-state index contributed by atoms with van der Waals surface area (Å²) in [5, 5.41) is 9.13. The van der Waals surface area contributed by atoms with Crippen LogP contribution in [0.25, 0.3) is 11.0 Å². The summed E-state index contributed by atoms with van der Waals surface area (Å²) >= 11 is 0. The molecule has 3 heterocycles. The van der Waals surface area contributed by atoms with Gasteiger partial charge in [-0.15, -0.1) is 0 Å². The lowest BCUT2D eigenvalue weighted by molar-refractivity contribution is 0.0611. The van der Waals surface area contributed by atoms with E-state index in [1.807, 2.05) is 46.0 Å². The van der Waals surface area contributed by atoms with E-state index in [9.17, 15) is 4.79 Å². The molecule has 1 aliphatic heterocycles. The van der Waals surface area contributed by atoms with Crippen LogP contribution in [-0.4, -0.2) is 43.6 Å². The minimum Gasteiger partial charge on any atom is -0.395 e. The maximum atomic E-state index is 13.2. The van der Waals surface area contributed by atoms with Crippen LogP contribution in [0.2, 0.25) is 0 Å². The third kappa shape index (κ3) is 3.08. The Morgan fingerprint density at radius 1 is 1.27 bits per heavy atom. The molecule has 1 N–H and O–H groups in total. The highest BCUT2D eigenvalue weighted by Crippen LogP contribution is 2.32. The molecule has 1 saturated heterocycles. The van der Waals surface area contributed by atoms with Gasteiger partial charge in [-0.05, 0) is 49.1 Å². The maximum Gasteiger partial charge on any atom is 0.254 e. The SMILES string of the molecule is O=C(c1ccc2c(c1)ncn2CCO)N1CCCC[C@@H]1c1cccnc1. The highest BCUT2D eigenvalue weighted by atomic mass is 16.3. The Bertz CT molecular complexity index is 907. The number of amides is 1. The molecule has 0 saturated carbocycles. The molecule has 1 aliphatic rings. The predicted molar refractivity (Wildman–Crippen MR) is 98.7 cm³/mol. The molecule has 1 fully saturated rings. The van der Waals surface area contributed by atoms with Crippen LogP contribution in [0.5, 0.6) is 0 Å². The molecule has 6 nitrogen and oxygen atoms in total. The third-order valence-electron chi connectivity index (χ3n) is 5.04. The van der Waals surface area contributed by atoms with E-state index in [2.05, 4.69) is 9.97 Å². The number of likely N-dealkylation sites (tertiary alicyclic amines) is 1. The van der Waals surface area contributed by atoms with E-state index in [0.29, 0.717) is 12.1 Å². The first-order chi connectivity index (χ1) is 12.8. The van der Waals surface area contributed by atoms with Crippen molar-refractivity contribution in [3.8, 4) is 0 Å². The Balaban J connectivity index is 1.64. The van der Waals surface area contributed by atoms with Gasteiger partial charge in [-0.2, -0.15) is 0 Å². The van der Waals surface area contributed by atoms with Crippen molar-refractivity contribution in [3.05, 3.63) is 60.2 Å². The number of aliphatic hydroxyl groups is 1. The number of fused-ring (bicyclic) bond motifs is 1. The van der Waals surface area contributed by atoms with Gasteiger partial charge in [0.15, 0.2) is 0 Å². The normalized spacial score (nSPS) is 17.6. The van der Waals surface area contributed by atoms with E-state index in [0.717, 1.165) is 42.4 Å². The van der Waals surface area contributed by atoms with Crippen molar-refractivity contribution in [1.29, 1.82) is 0 Å². The van der Waals surface area contributed by atoms with Crippen molar-refractivity contribution in [3.63, 3.8) is 0 Å². The lowest BCUT2D eigenvalue weighted by Crippen LogP contribution is -2.38. The summed E-state index contributed by atoms with van der Waals surface area (Å²) in [5.41, 5.74) is 3.45. The van der Waals surface area contributed by atoms with Gasteiger partial charge in [0.25, 0.3) is 5.91 Å². The quantitative estimate of drug-likeness (QED) is 0.785. The first kappa shape index (κ1) is 16.7. The molecule has 3 aromatic rings. The Morgan fingerprint density at radius 3 is 3.00 bits per heavy atom. The van der Waals surface area contributed by atoms with Crippen molar-refractivity contribution >= 4 is 16.9 Å². The number of imidazole rings is 1. The Morgan fingerprint density at radius 2 is 2.19 bits per heavy atom. The molecule has 0 radical (unpaired) electrons. The zero-order valence-electron chi connectivity index (χ0n) is 14.6. The minimum absolute atomic E-state index is 0.0390. The summed E-state index contributed by atoms with van der Waals surface area (Å²) in [6.07, 6.45) is 8.42. The summed E-state index contributed by atoms with van der Waals surface area (Å²) in [7, 11) is 0. The summed E-state index contributed by atoms with van der Waals surface area (Å²) in [5.74, 6) is 0.0390. The van der Waals surface area contributed by atoms with Gasteiger partial charge in [-0.25, -0.2) is 4.98 Å². The van der Waals surface area contributed by atoms with Gasteiger partial charge in [0.1, 0.15) is 0 Å². The van der Waals surface area contributed by atoms with Gasteiger partial charge in [0.2, 0.25) is 0 Å². The number of aliphatic hydroxyl groups excluding tert-OH is 1. The van der Waals surface area contributed by atoms with E-state index >= 15 is 0 Å². The van der Waals surface area contributed by atoms with Crippen LogP contribution >= 0.6 is 0 Å². The van der Waals surface area contributed by atoms with Crippen LogP contribution in [0.1, 0.15) is 41.2 Å². The van der Waals surface area contributed by atoms with E-state index in [4.69, 9.17) is 5.11 Å².